The number of rotatable bonds is 8. The molecule has 0 aliphatic rings. The number of hydrogen-bond donors (Lipinski definition) is 4. The topological polar surface area (TPSA) is 121 Å². The summed E-state index contributed by atoms with van der Waals surface area (Å²) in [5, 5.41) is 28.6. The maximum Gasteiger partial charge on any atom is 0.128 e. The van der Waals surface area contributed by atoms with Crippen molar-refractivity contribution in [3.8, 4) is 11.5 Å². The van der Waals surface area contributed by atoms with Crippen LogP contribution in [0.1, 0.15) is 42.6 Å². The molecular formula is C23H29N5O3. The third kappa shape index (κ3) is 4.87. The molecule has 0 radical (unpaired) electrons. The molecular weight excluding hydrogens is 394 g/mol. The van der Waals surface area contributed by atoms with Crippen molar-refractivity contribution in [2.45, 2.75) is 32.5 Å². The monoisotopic (exact) mass is 423 g/mol. The number of imidazole rings is 1. The Labute approximate surface area is 182 Å². The number of aliphatic hydroxyl groups excluding tert-OH is 1. The maximum atomic E-state index is 10.6. The van der Waals surface area contributed by atoms with Crippen molar-refractivity contribution in [1.29, 1.82) is 5.41 Å². The lowest BCUT2D eigenvalue weighted by atomic mass is 9.97. The standard InChI is InChI=1S/C23H29N5O3/c1-15(2)18-10-19(20(30)11-21(18)31-3)23(25)28(22(24)13-29)17-6-4-16(5-7-17)12-27-9-8-26-14-27/h4-11,14-15,23-24,29-30H,12-13,25H2,1-3H3. The number of amidine groups is 1. The van der Waals surface area contributed by atoms with Crippen molar-refractivity contribution >= 4 is 11.5 Å². The van der Waals surface area contributed by atoms with Gasteiger partial charge in [-0.05, 0) is 35.2 Å². The summed E-state index contributed by atoms with van der Waals surface area (Å²) in [7, 11) is 1.55. The summed E-state index contributed by atoms with van der Waals surface area (Å²) in [4.78, 5) is 5.55. The van der Waals surface area contributed by atoms with Crippen LogP contribution in [-0.2, 0) is 6.54 Å². The Balaban J connectivity index is 1.96. The van der Waals surface area contributed by atoms with E-state index in [2.05, 4.69) is 4.98 Å². The van der Waals surface area contributed by atoms with E-state index in [1.165, 1.54) is 4.90 Å². The molecule has 1 atom stereocenters. The summed E-state index contributed by atoms with van der Waals surface area (Å²) < 4.78 is 7.34. The zero-order valence-corrected chi connectivity index (χ0v) is 18.0. The average Bonchev–Trinajstić information content (AvgIpc) is 3.27. The number of phenolic OH excluding ortho intramolecular Hbond substituents is 1. The Morgan fingerprint density at radius 3 is 2.48 bits per heavy atom. The van der Waals surface area contributed by atoms with Crippen molar-refractivity contribution < 1.29 is 14.9 Å². The quantitative estimate of drug-likeness (QED) is 0.251. The molecule has 0 amide bonds. The third-order valence-electron chi connectivity index (χ3n) is 5.18. The minimum Gasteiger partial charge on any atom is -0.507 e. The number of ether oxygens (including phenoxy) is 1. The average molecular weight is 424 g/mol. The largest absolute Gasteiger partial charge is 0.507 e. The van der Waals surface area contributed by atoms with E-state index in [1.54, 1.807) is 31.8 Å². The van der Waals surface area contributed by atoms with Gasteiger partial charge in [-0.3, -0.25) is 5.41 Å². The molecule has 0 aliphatic carbocycles. The van der Waals surface area contributed by atoms with Gasteiger partial charge < -0.3 is 30.2 Å². The van der Waals surface area contributed by atoms with E-state index in [-0.39, 0.29) is 17.5 Å². The lowest BCUT2D eigenvalue weighted by molar-refractivity contribution is 0.352. The number of benzene rings is 2. The van der Waals surface area contributed by atoms with Crippen LogP contribution in [0.2, 0.25) is 0 Å². The van der Waals surface area contributed by atoms with Crippen molar-refractivity contribution in [3.05, 3.63) is 71.8 Å². The number of nitrogens with one attached hydrogen (secondary N) is 1. The molecule has 1 heterocycles. The van der Waals surface area contributed by atoms with Crippen LogP contribution in [0.15, 0.2) is 55.1 Å². The van der Waals surface area contributed by atoms with Crippen molar-refractivity contribution in [1.82, 2.24) is 9.55 Å². The molecule has 5 N–H and O–H groups in total. The SMILES string of the molecule is COc1cc(O)c(C(N)N(C(=N)CO)c2ccc(Cn3ccnc3)cc2)cc1C(C)C. The number of hydrogen-bond acceptors (Lipinski definition) is 6. The minimum atomic E-state index is -0.873. The zero-order chi connectivity index (χ0) is 22.5. The fourth-order valence-corrected chi connectivity index (χ4v) is 3.52. The van der Waals surface area contributed by atoms with Gasteiger partial charge in [-0.25, -0.2) is 4.98 Å². The fourth-order valence-electron chi connectivity index (χ4n) is 3.52. The molecule has 0 spiro atoms. The number of aromatic hydroxyl groups is 1. The van der Waals surface area contributed by atoms with Gasteiger partial charge >= 0.3 is 0 Å². The predicted octanol–water partition coefficient (Wildman–Crippen LogP) is 3.20. The Morgan fingerprint density at radius 1 is 1.23 bits per heavy atom. The van der Waals surface area contributed by atoms with Crippen molar-refractivity contribution in [2.75, 3.05) is 18.6 Å². The molecule has 0 saturated carbocycles. The second-order valence-corrected chi connectivity index (χ2v) is 7.63. The van der Waals surface area contributed by atoms with E-state index < -0.39 is 12.8 Å². The molecule has 1 aromatic heterocycles. The molecule has 0 fully saturated rings. The van der Waals surface area contributed by atoms with E-state index in [4.69, 9.17) is 15.9 Å². The van der Waals surface area contributed by atoms with E-state index in [0.29, 0.717) is 23.5 Å². The van der Waals surface area contributed by atoms with Gasteiger partial charge in [0.15, 0.2) is 0 Å². The number of methoxy groups -OCH3 is 1. The Morgan fingerprint density at radius 2 is 1.94 bits per heavy atom. The summed E-state index contributed by atoms with van der Waals surface area (Å²) in [5.41, 5.74) is 9.56. The highest BCUT2D eigenvalue weighted by Crippen LogP contribution is 2.37. The molecule has 0 aliphatic heterocycles. The predicted molar refractivity (Wildman–Crippen MR) is 121 cm³/mol. The minimum absolute atomic E-state index is 0.0267. The molecule has 8 nitrogen and oxygen atoms in total. The first-order chi connectivity index (χ1) is 14.8. The highest BCUT2D eigenvalue weighted by Gasteiger charge is 2.25. The fraction of sp³-hybridized carbons (Fsp3) is 0.304. The smallest absolute Gasteiger partial charge is 0.128 e. The molecule has 8 heteroatoms. The van der Waals surface area contributed by atoms with E-state index >= 15 is 0 Å². The van der Waals surface area contributed by atoms with Crippen LogP contribution in [0.5, 0.6) is 11.5 Å². The molecule has 3 rings (SSSR count). The van der Waals surface area contributed by atoms with Crippen LogP contribution in [0.25, 0.3) is 0 Å². The van der Waals surface area contributed by atoms with Crippen LogP contribution < -0.4 is 15.4 Å². The van der Waals surface area contributed by atoms with Gasteiger partial charge in [0.1, 0.15) is 30.1 Å². The number of nitrogens with two attached hydrogens (primary N) is 1. The first-order valence-corrected chi connectivity index (χ1v) is 10.0. The summed E-state index contributed by atoms with van der Waals surface area (Å²) in [6, 6.07) is 10.9. The molecule has 31 heavy (non-hydrogen) atoms. The summed E-state index contributed by atoms with van der Waals surface area (Å²) in [5.74, 6) is 0.628. The molecule has 1 unspecified atom stereocenters. The lowest BCUT2D eigenvalue weighted by Gasteiger charge is -2.32. The summed E-state index contributed by atoms with van der Waals surface area (Å²) >= 11 is 0. The first-order valence-electron chi connectivity index (χ1n) is 10.0. The molecule has 3 aromatic rings. The normalized spacial score (nSPS) is 12.1. The van der Waals surface area contributed by atoms with Gasteiger partial charge in [-0.1, -0.05) is 26.0 Å². The number of phenols is 1. The van der Waals surface area contributed by atoms with Crippen LogP contribution in [0.3, 0.4) is 0 Å². The Kier molecular flexibility index (Phi) is 6.94. The van der Waals surface area contributed by atoms with Gasteiger partial charge in [0.2, 0.25) is 0 Å². The van der Waals surface area contributed by atoms with E-state index in [1.807, 2.05) is 48.9 Å². The van der Waals surface area contributed by atoms with Crippen LogP contribution in [-0.4, -0.2) is 39.3 Å². The van der Waals surface area contributed by atoms with Gasteiger partial charge in [0, 0.05) is 36.3 Å². The van der Waals surface area contributed by atoms with Crippen LogP contribution in [0, 0.1) is 5.41 Å². The van der Waals surface area contributed by atoms with E-state index in [0.717, 1.165) is 11.1 Å². The van der Waals surface area contributed by atoms with Gasteiger partial charge in [-0.2, -0.15) is 0 Å². The highest BCUT2D eigenvalue weighted by atomic mass is 16.5. The molecule has 2 aromatic carbocycles. The van der Waals surface area contributed by atoms with Crippen LogP contribution in [0.4, 0.5) is 5.69 Å². The molecule has 0 saturated heterocycles. The van der Waals surface area contributed by atoms with Crippen molar-refractivity contribution in [2.24, 2.45) is 5.73 Å². The van der Waals surface area contributed by atoms with Gasteiger partial charge in [0.05, 0.1) is 13.4 Å². The lowest BCUT2D eigenvalue weighted by Crippen LogP contribution is -2.41. The zero-order valence-electron chi connectivity index (χ0n) is 18.0. The number of anilines is 1. The van der Waals surface area contributed by atoms with Crippen LogP contribution >= 0.6 is 0 Å². The molecule has 164 valence electrons. The second-order valence-electron chi connectivity index (χ2n) is 7.63. The highest BCUT2D eigenvalue weighted by molar-refractivity contribution is 5.97. The molecule has 0 bridgehead atoms. The first kappa shape index (κ1) is 22.3. The van der Waals surface area contributed by atoms with Gasteiger partial charge in [0.25, 0.3) is 0 Å². The summed E-state index contributed by atoms with van der Waals surface area (Å²) in [6.07, 6.45) is 4.49. The second kappa shape index (κ2) is 9.63. The maximum absolute atomic E-state index is 10.6. The summed E-state index contributed by atoms with van der Waals surface area (Å²) in [6.45, 7) is 4.23. The number of nitrogens with zero attached hydrogens (tertiary/aromatic N) is 3. The van der Waals surface area contributed by atoms with Gasteiger partial charge in [-0.15, -0.1) is 0 Å². The third-order valence-corrected chi connectivity index (χ3v) is 5.18. The number of aromatic nitrogens is 2. The Bertz CT molecular complexity index is 1020. The number of aliphatic hydroxyl groups is 1. The van der Waals surface area contributed by atoms with Crippen molar-refractivity contribution in [3.63, 3.8) is 0 Å². The van der Waals surface area contributed by atoms with E-state index in [9.17, 15) is 10.2 Å². The Hall–Kier alpha value is -3.36.